The van der Waals surface area contributed by atoms with Gasteiger partial charge in [-0.05, 0) is 31.9 Å². The molecule has 3 aliphatic heterocycles. The molecule has 0 spiro atoms. The molecule has 1 unspecified atom stereocenters. The summed E-state index contributed by atoms with van der Waals surface area (Å²) in [5.74, 6) is 0.342. The number of aryl methyl sites for hydroxylation is 1. The molecule has 0 saturated carbocycles. The van der Waals surface area contributed by atoms with Crippen molar-refractivity contribution in [1.29, 1.82) is 0 Å². The first-order valence-corrected chi connectivity index (χ1v) is 12.2. The Hall–Kier alpha value is -1.52. The lowest BCUT2D eigenvalue weighted by atomic mass is 9.97. The second-order valence-corrected chi connectivity index (χ2v) is 10.3. The first-order chi connectivity index (χ1) is 14.4. The monoisotopic (exact) mass is 437 g/mol. The Labute approximate surface area is 178 Å². The first-order valence-electron chi connectivity index (χ1n) is 10.7. The number of piperidine rings is 1. The maximum atomic E-state index is 12.8. The zero-order valence-electron chi connectivity index (χ0n) is 17.5. The predicted molar refractivity (Wildman–Crippen MR) is 111 cm³/mol. The minimum Gasteiger partial charge on any atom is -0.350 e. The van der Waals surface area contributed by atoms with Crippen molar-refractivity contribution in [3.8, 4) is 0 Å². The van der Waals surface area contributed by atoms with Gasteiger partial charge < -0.3 is 14.4 Å². The molecule has 1 atom stereocenters. The van der Waals surface area contributed by atoms with Gasteiger partial charge >= 0.3 is 0 Å². The summed E-state index contributed by atoms with van der Waals surface area (Å²) in [6.07, 6.45) is 1.79. The Bertz CT molecular complexity index is 831. The van der Waals surface area contributed by atoms with Crippen LogP contribution >= 0.6 is 0 Å². The molecule has 0 aromatic heterocycles. The Balaban J connectivity index is 1.28. The molecule has 1 aromatic rings. The van der Waals surface area contributed by atoms with Crippen LogP contribution in [-0.4, -0.2) is 93.7 Å². The third-order valence-corrected chi connectivity index (χ3v) is 8.10. The summed E-state index contributed by atoms with van der Waals surface area (Å²) in [5.41, 5.74) is 1.03. The van der Waals surface area contributed by atoms with Gasteiger partial charge in [0.05, 0.1) is 24.7 Å². The molecule has 3 fully saturated rings. The molecule has 3 aliphatic rings. The number of sulfonamides is 1. The van der Waals surface area contributed by atoms with E-state index in [4.69, 9.17) is 9.47 Å². The topological polar surface area (TPSA) is 79.4 Å². The van der Waals surface area contributed by atoms with E-state index in [2.05, 4.69) is 4.90 Å². The van der Waals surface area contributed by atoms with E-state index in [0.717, 1.165) is 24.9 Å². The van der Waals surface area contributed by atoms with Crippen LogP contribution in [0.2, 0.25) is 0 Å². The molecule has 0 bridgehead atoms. The van der Waals surface area contributed by atoms with Gasteiger partial charge in [-0.25, -0.2) is 8.42 Å². The lowest BCUT2D eigenvalue weighted by Crippen LogP contribution is -2.53. The summed E-state index contributed by atoms with van der Waals surface area (Å²) >= 11 is 0. The summed E-state index contributed by atoms with van der Waals surface area (Å²) in [7, 11) is -3.48. The van der Waals surface area contributed by atoms with Crippen LogP contribution in [0.3, 0.4) is 0 Å². The number of amides is 1. The van der Waals surface area contributed by atoms with E-state index < -0.39 is 10.0 Å². The molecular formula is C21H31N3O5S. The second-order valence-electron chi connectivity index (χ2n) is 8.35. The van der Waals surface area contributed by atoms with Gasteiger partial charge in [-0.2, -0.15) is 4.31 Å². The van der Waals surface area contributed by atoms with Crippen molar-refractivity contribution < 1.29 is 22.7 Å². The predicted octanol–water partition coefficient (Wildman–Crippen LogP) is 0.913. The Morgan fingerprint density at radius 1 is 1.03 bits per heavy atom. The highest BCUT2D eigenvalue weighted by molar-refractivity contribution is 7.89. The highest BCUT2D eigenvalue weighted by Gasteiger charge is 2.34. The number of hydrogen-bond donors (Lipinski definition) is 0. The fourth-order valence-electron chi connectivity index (χ4n) is 4.39. The molecule has 0 N–H and O–H groups in total. The third-order valence-electron chi connectivity index (χ3n) is 6.19. The van der Waals surface area contributed by atoms with Crippen LogP contribution in [0.1, 0.15) is 18.4 Å². The zero-order valence-corrected chi connectivity index (χ0v) is 18.3. The van der Waals surface area contributed by atoms with Crippen molar-refractivity contribution in [2.45, 2.75) is 31.0 Å². The van der Waals surface area contributed by atoms with Gasteiger partial charge in [0.25, 0.3) is 0 Å². The maximum Gasteiger partial charge on any atom is 0.243 e. The molecule has 0 radical (unpaired) electrons. The van der Waals surface area contributed by atoms with Crippen molar-refractivity contribution in [3.63, 3.8) is 0 Å². The third kappa shape index (κ3) is 4.86. The van der Waals surface area contributed by atoms with Crippen LogP contribution in [0, 0.1) is 12.8 Å². The molecule has 1 amide bonds. The number of ether oxygens (including phenoxy) is 2. The van der Waals surface area contributed by atoms with E-state index in [1.165, 1.54) is 4.31 Å². The average molecular weight is 438 g/mol. The van der Waals surface area contributed by atoms with Gasteiger partial charge in [-0.3, -0.25) is 9.69 Å². The molecule has 1 aromatic carbocycles. The average Bonchev–Trinajstić information content (AvgIpc) is 3.30. The molecular weight excluding hydrogens is 406 g/mol. The van der Waals surface area contributed by atoms with Gasteiger partial charge in [0, 0.05) is 45.2 Å². The standard InChI is InChI=1S/C21H31N3O5S/c1-17-4-6-19(7-5-17)30(26,27)24-11-9-22(10-12-24)16-20(25)23-8-2-3-18(15-23)21-28-13-14-29-21/h4-7,18,21H,2-3,8-16H2,1H3. The first kappa shape index (κ1) is 21.7. The number of hydrogen-bond acceptors (Lipinski definition) is 6. The number of rotatable bonds is 5. The van der Waals surface area contributed by atoms with E-state index in [1.54, 1.807) is 12.1 Å². The quantitative estimate of drug-likeness (QED) is 0.682. The number of nitrogens with zero attached hydrogens (tertiary/aromatic N) is 3. The molecule has 3 saturated heterocycles. The lowest BCUT2D eigenvalue weighted by molar-refractivity contribution is -0.140. The molecule has 8 nitrogen and oxygen atoms in total. The van der Waals surface area contributed by atoms with Crippen molar-refractivity contribution in [1.82, 2.24) is 14.1 Å². The fraction of sp³-hybridized carbons (Fsp3) is 0.667. The molecule has 30 heavy (non-hydrogen) atoms. The largest absolute Gasteiger partial charge is 0.350 e. The lowest BCUT2D eigenvalue weighted by Gasteiger charge is -2.37. The highest BCUT2D eigenvalue weighted by Crippen LogP contribution is 2.25. The van der Waals surface area contributed by atoms with Crippen molar-refractivity contribution >= 4 is 15.9 Å². The van der Waals surface area contributed by atoms with Crippen LogP contribution in [0.25, 0.3) is 0 Å². The normalized spacial score (nSPS) is 25.0. The van der Waals surface area contributed by atoms with Crippen molar-refractivity contribution in [3.05, 3.63) is 29.8 Å². The van der Waals surface area contributed by atoms with Gasteiger partial charge in [-0.15, -0.1) is 0 Å². The van der Waals surface area contributed by atoms with E-state index in [9.17, 15) is 13.2 Å². The summed E-state index contributed by atoms with van der Waals surface area (Å²) in [4.78, 5) is 17.1. The Morgan fingerprint density at radius 3 is 2.37 bits per heavy atom. The van der Waals surface area contributed by atoms with E-state index in [1.807, 2.05) is 24.0 Å². The number of carbonyl (C=O) groups is 1. The minimum absolute atomic E-state index is 0.104. The van der Waals surface area contributed by atoms with Crippen molar-refractivity contribution in [2.75, 3.05) is 59.0 Å². The number of piperazine rings is 1. The van der Waals surface area contributed by atoms with E-state index >= 15 is 0 Å². The number of benzene rings is 1. The smallest absolute Gasteiger partial charge is 0.243 e. The second kappa shape index (κ2) is 9.32. The van der Waals surface area contributed by atoms with Crippen LogP contribution in [0.4, 0.5) is 0 Å². The fourth-order valence-corrected chi connectivity index (χ4v) is 5.81. The van der Waals surface area contributed by atoms with Gasteiger partial charge in [-0.1, -0.05) is 17.7 Å². The SMILES string of the molecule is Cc1ccc(S(=O)(=O)N2CCN(CC(=O)N3CCCC(C4OCCO4)C3)CC2)cc1. The highest BCUT2D eigenvalue weighted by atomic mass is 32.2. The van der Waals surface area contributed by atoms with Crippen LogP contribution in [-0.2, 0) is 24.3 Å². The number of carbonyl (C=O) groups excluding carboxylic acids is 1. The minimum atomic E-state index is -3.48. The molecule has 3 heterocycles. The molecule has 4 rings (SSSR count). The Kier molecular flexibility index (Phi) is 6.74. The van der Waals surface area contributed by atoms with Crippen LogP contribution < -0.4 is 0 Å². The van der Waals surface area contributed by atoms with Gasteiger partial charge in [0.1, 0.15) is 0 Å². The molecule has 9 heteroatoms. The summed E-state index contributed by atoms with van der Waals surface area (Å²) in [6, 6.07) is 6.95. The number of likely N-dealkylation sites (tertiary alicyclic amines) is 1. The van der Waals surface area contributed by atoms with Gasteiger partial charge in [0.15, 0.2) is 6.29 Å². The van der Waals surface area contributed by atoms with Gasteiger partial charge in [0.2, 0.25) is 15.9 Å². The Morgan fingerprint density at radius 2 is 1.70 bits per heavy atom. The summed E-state index contributed by atoms with van der Waals surface area (Å²) in [5, 5.41) is 0. The summed E-state index contributed by atoms with van der Waals surface area (Å²) in [6.45, 7) is 6.88. The maximum absolute atomic E-state index is 12.8. The van der Waals surface area contributed by atoms with Crippen LogP contribution in [0.5, 0.6) is 0 Å². The summed E-state index contributed by atoms with van der Waals surface area (Å²) < 4.78 is 38.5. The van der Waals surface area contributed by atoms with Crippen LogP contribution in [0.15, 0.2) is 29.2 Å². The molecule has 0 aliphatic carbocycles. The van der Waals surface area contributed by atoms with E-state index in [-0.39, 0.29) is 18.1 Å². The van der Waals surface area contributed by atoms with E-state index in [0.29, 0.717) is 57.4 Å². The zero-order chi connectivity index (χ0) is 21.1. The molecule has 166 valence electrons. The van der Waals surface area contributed by atoms with Crippen molar-refractivity contribution in [2.24, 2.45) is 5.92 Å².